The van der Waals surface area contributed by atoms with Gasteiger partial charge in [-0.1, -0.05) is 12.1 Å². The summed E-state index contributed by atoms with van der Waals surface area (Å²) in [5.41, 5.74) is 0.538. The van der Waals surface area contributed by atoms with E-state index in [0.717, 1.165) is 25.1 Å². The molecular weight excluding hydrogens is 270 g/mol. The van der Waals surface area contributed by atoms with Gasteiger partial charge in [0.1, 0.15) is 5.75 Å². The molecule has 2 N–H and O–H groups in total. The highest BCUT2D eigenvalue weighted by Crippen LogP contribution is 2.42. The summed E-state index contributed by atoms with van der Waals surface area (Å²) in [7, 11) is 0. The summed E-state index contributed by atoms with van der Waals surface area (Å²) in [6, 6.07) is 7.19. The number of ether oxygens (including phenoxy) is 1. The van der Waals surface area contributed by atoms with E-state index in [1.54, 1.807) is 12.1 Å². The summed E-state index contributed by atoms with van der Waals surface area (Å²) in [5, 5.41) is 18.9. The SMILES string of the molecule is O=C(O)[C@]12CCOC[C@H]1CN(CCc1ccc(O)cc1)C2. The van der Waals surface area contributed by atoms with Gasteiger partial charge in [-0.3, -0.25) is 4.79 Å². The van der Waals surface area contributed by atoms with Gasteiger partial charge in [0.25, 0.3) is 0 Å². The van der Waals surface area contributed by atoms with Gasteiger partial charge in [0, 0.05) is 32.2 Å². The summed E-state index contributed by atoms with van der Waals surface area (Å²) < 4.78 is 5.47. The van der Waals surface area contributed by atoms with Crippen molar-refractivity contribution in [3.05, 3.63) is 29.8 Å². The quantitative estimate of drug-likeness (QED) is 0.876. The van der Waals surface area contributed by atoms with Gasteiger partial charge in [-0.25, -0.2) is 0 Å². The van der Waals surface area contributed by atoms with Crippen LogP contribution in [-0.2, 0) is 16.0 Å². The van der Waals surface area contributed by atoms with Crippen LogP contribution in [0, 0.1) is 11.3 Å². The van der Waals surface area contributed by atoms with Gasteiger partial charge < -0.3 is 19.8 Å². The molecule has 0 radical (unpaired) electrons. The topological polar surface area (TPSA) is 70.0 Å². The number of aliphatic carboxylic acids is 1. The van der Waals surface area contributed by atoms with E-state index >= 15 is 0 Å². The molecule has 0 aliphatic carbocycles. The lowest BCUT2D eigenvalue weighted by Gasteiger charge is -2.34. The zero-order chi connectivity index (χ0) is 14.9. The number of phenolic OH excluding ortho intramolecular Hbond substituents is 1. The first-order valence-corrected chi connectivity index (χ1v) is 7.41. The Morgan fingerprint density at radius 2 is 2.14 bits per heavy atom. The minimum absolute atomic E-state index is 0.101. The second kappa shape index (κ2) is 5.66. The average Bonchev–Trinajstić information content (AvgIpc) is 2.86. The van der Waals surface area contributed by atoms with Gasteiger partial charge in [-0.15, -0.1) is 0 Å². The van der Waals surface area contributed by atoms with Gasteiger partial charge in [-0.05, 0) is 30.5 Å². The number of carboxylic acids is 1. The number of nitrogens with zero attached hydrogens (tertiary/aromatic N) is 1. The van der Waals surface area contributed by atoms with Crippen LogP contribution in [0.2, 0.25) is 0 Å². The number of likely N-dealkylation sites (tertiary alicyclic amines) is 1. The highest BCUT2D eigenvalue weighted by atomic mass is 16.5. The largest absolute Gasteiger partial charge is 0.508 e. The van der Waals surface area contributed by atoms with E-state index in [9.17, 15) is 15.0 Å². The van der Waals surface area contributed by atoms with E-state index in [4.69, 9.17) is 4.74 Å². The molecule has 1 aromatic rings. The van der Waals surface area contributed by atoms with Crippen molar-refractivity contribution in [1.82, 2.24) is 4.90 Å². The van der Waals surface area contributed by atoms with Crippen LogP contribution in [0.25, 0.3) is 0 Å². The maximum absolute atomic E-state index is 11.7. The van der Waals surface area contributed by atoms with Crippen molar-refractivity contribution in [2.75, 3.05) is 32.8 Å². The molecule has 2 atom stereocenters. The van der Waals surface area contributed by atoms with Gasteiger partial charge in [0.05, 0.1) is 12.0 Å². The number of hydrogen-bond donors (Lipinski definition) is 2. The van der Waals surface area contributed by atoms with Crippen LogP contribution in [0.3, 0.4) is 0 Å². The minimum Gasteiger partial charge on any atom is -0.508 e. The Bertz CT molecular complexity index is 516. The van der Waals surface area contributed by atoms with E-state index in [1.807, 2.05) is 12.1 Å². The monoisotopic (exact) mass is 291 g/mol. The fourth-order valence-electron chi connectivity index (χ4n) is 3.52. The molecule has 114 valence electrons. The van der Waals surface area contributed by atoms with Crippen molar-refractivity contribution in [3.63, 3.8) is 0 Å². The third-order valence-electron chi connectivity index (χ3n) is 4.86. The zero-order valence-corrected chi connectivity index (χ0v) is 12.0. The number of carbonyl (C=O) groups is 1. The van der Waals surface area contributed by atoms with Crippen LogP contribution < -0.4 is 0 Å². The average molecular weight is 291 g/mol. The highest BCUT2D eigenvalue weighted by Gasteiger charge is 2.53. The lowest BCUT2D eigenvalue weighted by atomic mass is 9.74. The fourth-order valence-corrected chi connectivity index (χ4v) is 3.52. The highest BCUT2D eigenvalue weighted by molar-refractivity contribution is 5.76. The molecule has 0 unspecified atom stereocenters. The molecule has 5 nitrogen and oxygen atoms in total. The Kier molecular flexibility index (Phi) is 3.87. The number of aromatic hydroxyl groups is 1. The predicted octanol–water partition coefficient (Wildman–Crippen LogP) is 1.36. The van der Waals surface area contributed by atoms with Crippen LogP contribution >= 0.6 is 0 Å². The summed E-state index contributed by atoms with van der Waals surface area (Å²) in [6.07, 6.45) is 1.48. The van der Waals surface area contributed by atoms with E-state index in [-0.39, 0.29) is 11.7 Å². The molecule has 2 heterocycles. The van der Waals surface area contributed by atoms with Crippen molar-refractivity contribution in [2.24, 2.45) is 11.3 Å². The van der Waals surface area contributed by atoms with Crippen molar-refractivity contribution in [2.45, 2.75) is 12.8 Å². The van der Waals surface area contributed by atoms with Gasteiger partial charge >= 0.3 is 5.97 Å². The van der Waals surface area contributed by atoms with Crippen LogP contribution in [0.4, 0.5) is 0 Å². The molecule has 2 aliphatic heterocycles. The molecule has 3 rings (SSSR count). The first kappa shape index (κ1) is 14.4. The lowest BCUT2D eigenvalue weighted by molar-refractivity contribution is -0.157. The first-order valence-electron chi connectivity index (χ1n) is 7.41. The number of rotatable bonds is 4. The fraction of sp³-hybridized carbons (Fsp3) is 0.562. The Morgan fingerprint density at radius 3 is 2.81 bits per heavy atom. The van der Waals surface area contributed by atoms with E-state index in [0.29, 0.717) is 26.2 Å². The Balaban J connectivity index is 1.63. The smallest absolute Gasteiger partial charge is 0.311 e. The van der Waals surface area contributed by atoms with Gasteiger partial charge in [0.15, 0.2) is 0 Å². The van der Waals surface area contributed by atoms with Crippen LogP contribution in [0.1, 0.15) is 12.0 Å². The second-order valence-corrected chi connectivity index (χ2v) is 6.13. The summed E-state index contributed by atoms with van der Waals surface area (Å²) in [5.74, 6) is -0.306. The maximum Gasteiger partial charge on any atom is 0.311 e. The third kappa shape index (κ3) is 2.76. The van der Waals surface area contributed by atoms with E-state index < -0.39 is 11.4 Å². The molecule has 5 heteroatoms. The van der Waals surface area contributed by atoms with Crippen LogP contribution in [0.5, 0.6) is 5.75 Å². The maximum atomic E-state index is 11.7. The number of fused-ring (bicyclic) bond motifs is 1. The number of hydrogen-bond acceptors (Lipinski definition) is 4. The Labute approximate surface area is 124 Å². The van der Waals surface area contributed by atoms with Crippen molar-refractivity contribution < 1.29 is 19.7 Å². The standard InChI is InChI=1S/C16H21NO4/c18-14-3-1-12(2-4-14)5-7-17-9-13-10-21-8-6-16(13,11-17)15(19)20/h1-4,13,18H,5-11H2,(H,19,20)/t13-,16+/m1/s1. The second-order valence-electron chi connectivity index (χ2n) is 6.13. The van der Waals surface area contributed by atoms with Crippen LogP contribution in [-0.4, -0.2) is 53.9 Å². The normalized spacial score (nSPS) is 29.2. The van der Waals surface area contributed by atoms with Gasteiger partial charge in [0.2, 0.25) is 0 Å². The molecule has 0 spiro atoms. The first-order chi connectivity index (χ1) is 10.1. The molecule has 0 bridgehead atoms. The van der Waals surface area contributed by atoms with Crippen LogP contribution in [0.15, 0.2) is 24.3 Å². The molecule has 1 aromatic carbocycles. The van der Waals surface area contributed by atoms with Gasteiger partial charge in [-0.2, -0.15) is 0 Å². The van der Waals surface area contributed by atoms with Crippen molar-refractivity contribution in [3.8, 4) is 5.75 Å². The Hall–Kier alpha value is -1.59. The van der Waals surface area contributed by atoms with Crippen molar-refractivity contribution >= 4 is 5.97 Å². The molecule has 21 heavy (non-hydrogen) atoms. The molecule has 2 saturated heterocycles. The number of benzene rings is 1. The number of phenols is 1. The minimum atomic E-state index is -0.678. The summed E-state index contributed by atoms with van der Waals surface area (Å²) >= 11 is 0. The van der Waals surface area contributed by atoms with E-state index in [1.165, 1.54) is 0 Å². The summed E-state index contributed by atoms with van der Waals surface area (Å²) in [4.78, 5) is 13.9. The molecule has 2 fully saturated rings. The lowest BCUT2D eigenvalue weighted by Crippen LogP contribution is -2.44. The van der Waals surface area contributed by atoms with Crippen molar-refractivity contribution in [1.29, 1.82) is 0 Å². The molecular formula is C16H21NO4. The summed E-state index contributed by atoms with van der Waals surface area (Å²) in [6.45, 7) is 3.37. The van der Waals surface area contributed by atoms with E-state index in [2.05, 4.69) is 4.90 Å². The molecule has 0 amide bonds. The zero-order valence-electron chi connectivity index (χ0n) is 12.0. The predicted molar refractivity (Wildman–Crippen MR) is 77.2 cm³/mol. The molecule has 0 saturated carbocycles. The molecule has 2 aliphatic rings. The Morgan fingerprint density at radius 1 is 1.38 bits per heavy atom. The molecule has 0 aromatic heterocycles. The third-order valence-corrected chi connectivity index (χ3v) is 4.86. The number of carboxylic acid groups (broad SMARTS) is 1.